The molecule has 5 heteroatoms. The van der Waals surface area contributed by atoms with Crippen molar-refractivity contribution in [3.05, 3.63) is 77.4 Å². The number of rotatable bonds is 10. The molecule has 0 atom stereocenters. The molecule has 0 bridgehead atoms. The van der Waals surface area contributed by atoms with E-state index in [1.165, 1.54) is 67.6 Å². The first-order valence-electron chi connectivity index (χ1n) is 13.5. The molecule has 5 nitrogen and oxygen atoms in total. The first-order chi connectivity index (χ1) is 17.3. The van der Waals surface area contributed by atoms with Crippen LogP contribution in [0.1, 0.15) is 80.4 Å². The van der Waals surface area contributed by atoms with Gasteiger partial charge in [0.1, 0.15) is 19.0 Å². The van der Waals surface area contributed by atoms with Gasteiger partial charge in [-0.3, -0.25) is 4.90 Å². The zero-order valence-corrected chi connectivity index (χ0v) is 21.1. The number of ether oxygens (including phenoxy) is 2. The van der Waals surface area contributed by atoms with Gasteiger partial charge in [0, 0.05) is 38.3 Å². The van der Waals surface area contributed by atoms with Crippen LogP contribution in [0.2, 0.25) is 0 Å². The summed E-state index contributed by atoms with van der Waals surface area (Å²) in [6, 6.07) is 17.2. The number of hydrogen-bond acceptors (Lipinski definition) is 4. The smallest absolute Gasteiger partial charge is 0.161 e. The van der Waals surface area contributed by atoms with Crippen molar-refractivity contribution >= 4 is 0 Å². The van der Waals surface area contributed by atoms with Gasteiger partial charge in [-0.2, -0.15) is 0 Å². The molecule has 2 aromatic carbocycles. The van der Waals surface area contributed by atoms with Crippen LogP contribution in [0.4, 0.5) is 0 Å². The Morgan fingerprint density at radius 1 is 0.886 bits per heavy atom. The van der Waals surface area contributed by atoms with Crippen LogP contribution in [0.25, 0.3) is 0 Å². The Balaban J connectivity index is 1.40. The minimum atomic E-state index is 0.616. The first-order valence-corrected chi connectivity index (χ1v) is 13.5. The summed E-state index contributed by atoms with van der Waals surface area (Å²) >= 11 is 0. The summed E-state index contributed by atoms with van der Waals surface area (Å²) in [7, 11) is 0. The Morgan fingerprint density at radius 2 is 1.66 bits per heavy atom. The average molecular weight is 474 g/mol. The van der Waals surface area contributed by atoms with Crippen LogP contribution >= 0.6 is 0 Å². The van der Waals surface area contributed by atoms with Gasteiger partial charge < -0.3 is 14.0 Å². The molecule has 1 aromatic heterocycles. The van der Waals surface area contributed by atoms with E-state index < -0.39 is 0 Å². The van der Waals surface area contributed by atoms with Crippen molar-refractivity contribution in [2.45, 2.75) is 84.0 Å². The van der Waals surface area contributed by atoms with Crippen molar-refractivity contribution in [1.82, 2.24) is 14.5 Å². The molecule has 2 heterocycles. The minimum absolute atomic E-state index is 0.616. The summed E-state index contributed by atoms with van der Waals surface area (Å²) in [5.41, 5.74) is 3.92. The van der Waals surface area contributed by atoms with Crippen LogP contribution in [0.5, 0.6) is 11.5 Å². The number of imidazole rings is 1. The van der Waals surface area contributed by atoms with Crippen molar-refractivity contribution in [3.63, 3.8) is 0 Å². The van der Waals surface area contributed by atoms with E-state index in [9.17, 15) is 0 Å². The Morgan fingerprint density at radius 3 is 2.46 bits per heavy atom. The first kappa shape index (κ1) is 23.9. The molecule has 5 rings (SSSR count). The maximum Gasteiger partial charge on any atom is 0.161 e. The van der Waals surface area contributed by atoms with Gasteiger partial charge in [0.25, 0.3) is 0 Å². The number of benzene rings is 2. The summed E-state index contributed by atoms with van der Waals surface area (Å²) < 4.78 is 14.2. The van der Waals surface area contributed by atoms with Gasteiger partial charge in [-0.15, -0.1) is 0 Å². The van der Waals surface area contributed by atoms with Gasteiger partial charge in [0.05, 0.1) is 5.69 Å². The molecule has 3 aromatic rings. The van der Waals surface area contributed by atoms with Crippen LogP contribution < -0.4 is 9.47 Å². The van der Waals surface area contributed by atoms with E-state index in [1.807, 2.05) is 0 Å². The highest BCUT2D eigenvalue weighted by Crippen LogP contribution is 2.34. The van der Waals surface area contributed by atoms with E-state index in [2.05, 4.69) is 71.1 Å². The molecular weight excluding hydrogens is 434 g/mol. The molecule has 0 saturated heterocycles. The van der Waals surface area contributed by atoms with E-state index >= 15 is 0 Å². The van der Waals surface area contributed by atoms with Crippen LogP contribution in [0.3, 0.4) is 0 Å². The molecule has 186 valence electrons. The lowest BCUT2D eigenvalue weighted by atomic mass is 9.88. The molecular formula is C30H39N3O2. The fourth-order valence-corrected chi connectivity index (χ4v) is 5.50. The van der Waals surface area contributed by atoms with Gasteiger partial charge in [0.2, 0.25) is 0 Å². The molecule has 1 fully saturated rings. The summed E-state index contributed by atoms with van der Waals surface area (Å²) in [4.78, 5) is 7.55. The minimum Gasteiger partial charge on any atom is -0.486 e. The molecule has 1 aliphatic heterocycles. The maximum atomic E-state index is 5.86. The zero-order valence-electron chi connectivity index (χ0n) is 21.1. The predicted molar refractivity (Wildman–Crippen MR) is 140 cm³/mol. The second-order valence-electron chi connectivity index (χ2n) is 10.1. The van der Waals surface area contributed by atoms with E-state index in [1.54, 1.807) is 0 Å². The predicted octanol–water partition coefficient (Wildman–Crippen LogP) is 6.70. The average Bonchev–Trinajstić information content (AvgIpc) is 3.30. The van der Waals surface area contributed by atoms with Gasteiger partial charge in [-0.1, -0.05) is 69.0 Å². The fourth-order valence-electron chi connectivity index (χ4n) is 5.50. The van der Waals surface area contributed by atoms with Crippen LogP contribution in [0.15, 0.2) is 54.7 Å². The largest absolute Gasteiger partial charge is 0.486 e. The topological polar surface area (TPSA) is 39.5 Å². The van der Waals surface area contributed by atoms with Crippen molar-refractivity contribution in [1.29, 1.82) is 0 Å². The molecule has 1 saturated carbocycles. The molecule has 0 amide bonds. The number of hydrogen-bond donors (Lipinski definition) is 0. The van der Waals surface area contributed by atoms with Gasteiger partial charge >= 0.3 is 0 Å². The number of fused-ring (bicyclic) bond motifs is 1. The molecule has 35 heavy (non-hydrogen) atoms. The zero-order chi connectivity index (χ0) is 23.9. The van der Waals surface area contributed by atoms with Crippen molar-refractivity contribution in [2.24, 2.45) is 0 Å². The summed E-state index contributed by atoms with van der Waals surface area (Å²) in [5.74, 6) is 3.66. The van der Waals surface area contributed by atoms with Crippen LogP contribution in [-0.2, 0) is 26.2 Å². The highest BCUT2D eigenvalue weighted by Gasteiger charge is 2.23. The van der Waals surface area contributed by atoms with Gasteiger partial charge in [-0.25, -0.2) is 4.98 Å². The standard InChI is InChI=1S/C30H39N3O2/c1-2-3-16-33-27(20-31-30(33)26-12-8-5-9-13-26)23-32(21-24-10-6-4-7-11-24)22-25-14-15-28-29(19-25)35-18-17-34-28/h4,6-7,10-11,14-15,19-20,26H,2-3,5,8-9,12-13,16-18,21-23H2,1H3. The van der Waals surface area contributed by atoms with E-state index in [4.69, 9.17) is 14.5 Å². The van der Waals surface area contributed by atoms with Crippen LogP contribution in [-0.4, -0.2) is 27.7 Å². The normalized spacial score (nSPS) is 16.1. The number of aromatic nitrogens is 2. The monoisotopic (exact) mass is 473 g/mol. The summed E-state index contributed by atoms with van der Waals surface area (Å²) in [6.07, 6.45) is 11.2. The van der Waals surface area contributed by atoms with Gasteiger partial charge in [0.15, 0.2) is 11.5 Å². The highest BCUT2D eigenvalue weighted by molar-refractivity contribution is 5.43. The Bertz CT molecular complexity index is 1070. The number of nitrogens with zero attached hydrogens (tertiary/aromatic N) is 3. The van der Waals surface area contributed by atoms with Crippen molar-refractivity contribution < 1.29 is 9.47 Å². The molecule has 0 spiro atoms. The Kier molecular flexibility index (Phi) is 8.04. The SMILES string of the molecule is CCCCn1c(CN(Cc2ccccc2)Cc2ccc3c(c2)OCCO3)cnc1C1CCCCC1. The lowest BCUT2D eigenvalue weighted by molar-refractivity contribution is 0.170. The fraction of sp³-hybridized carbons (Fsp3) is 0.500. The molecule has 0 radical (unpaired) electrons. The lowest BCUT2D eigenvalue weighted by Gasteiger charge is -2.26. The second kappa shape index (κ2) is 11.8. The highest BCUT2D eigenvalue weighted by atomic mass is 16.6. The second-order valence-corrected chi connectivity index (χ2v) is 10.1. The lowest BCUT2D eigenvalue weighted by Crippen LogP contribution is -2.25. The number of unbranched alkanes of at least 4 members (excludes halogenated alkanes) is 1. The summed E-state index contributed by atoms with van der Waals surface area (Å²) in [5, 5.41) is 0. The van der Waals surface area contributed by atoms with Crippen LogP contribution in [0, 0.1) is 0 Å². The molecule has 0 unspecified atom stereocenters. The van der Waals surface area contributed by atoms with E-state index in [0.717, 1.165) is 37.7 Å². The molecule has 0 N–H and O–H groups in total. The molecule has 2 aliphatic rings. The van der Waals surface area contributed by atoms with Crippen molar-refractivity contribution in [3.8, 4) is 11.5 Å². The van der Waals surface area contributed by atoms with Gasteiger partial charge in [-0.05, 0) is 42.5 Å². The maximum absolute atomic E-state index is 5.86. The van der Waals surface area contributed by atoms with E-state index in [0.29, 0.717) is 19.1 Å². The van der Waals surface area contributed by atoms with Crippen molar-refractivity contribution in [2.75, 3.05) is 13.2 Å². The Labute approximate surface area is 210 Å². The third kappa shape index (κ3) is 6.07. The third-order valence-electron chi connectivity index (χ3n) is 7.32. The third-order valence-corrected chi connectivity index (χ3v) is 7.32. The quantitative estimate of drug-likeness (QED) is 0.328. The van der Waals surface area contributed by atoms with E-state index in [-0.39, 0.29) is 0 Å². The molecule has 1 aliphatic carbocycles. The summed E-state index contributed by atoms with van der Waals surface area (Å²) in [6.45, 7) is 7.21. The Hall–Kier alpha value is -2.79.